The number of ether oxygens (including phenoxy) is 1. The summed E-state index contributed by atoms with van der Waals surface area (Å²) in [5.74, 6) is 1.71. The molecule has 0 spiro atoms. The molecule has 0 bridgehead atoms. The van der Waals surface area contributed by atoms with Crippen LogP contribution in [0.5, 0.6) is 0 Å². The number of carbonyl (C=O) groups excluding carboxylic acids is 1. The van der Waals surface area contributed by atoms with E-state index in [0.717, 1.165) is 18.4 Å². The van der Waals surface area contributed by atoms with Gasteiger partial charge in [0.25, 0.3) is 0 Å². The Hall–Kier alpha value is -1.57. The van der Waals surface area contributed by atoms with Crippen molar-refractivity contribution in [1.82, 2.24) is 0 Å². The van der Waals surface area contributed by atoms with Crippen molar-refractivity contribution >= 4 is 5.97 Å². The van der Waals surface area contributed by atoms with E-state index in [-0.39, 0.29) is 5.97 Å². The van der Waals surface area contributed by atoms with Gasteiger partial charge >= 0.3 is 5.97 Å². The summed E-state index contributed by atoms with van der Waals surface area (Å²) in [6.45, 7) is 8.96. The summed E-state index contributed by atoms with van der Waals surface area (Å²) >= 11 is 0. The van der Waals surface area contributed by atoms with E-state index in [1.54, 1.807) is 11.1 Å². The lowest BCUT2D eigenvalue weighted by atomic mass is 9.81. The lowest BCUT2D eigenvalue weighted by Gasteiger charge is -2.34. The maximum Gasteiger partial charge on any atom is 0.310 e. The van der Waals surface area contributed by atoms with Crippen LogP contribution >= 0.6 is 0 Å². The van der Waals surface area contributed by atoms with Crippen LogP contribution in [0.2, 0.25) is 0 Å². The topological polar surface area (TPSA) is 26.3 Å². The highest BCUT2D eigenvalue weighted by Gasteiger charge is 2.38. The fourth-order valence-corrected chi connectivity index (χ4v) is 4.68. The van der Waals surface area contributed by atoms with Gasteiger partial charge in [0.1, 0.15) is 5.60 Å². The van der Waals surface area contributed by atoms with Gasteiger partial charge in [-0.05, 0) is 63.4 Å². The summed E-state index contributed by atoms with van der Waals surface area (Å²) in [7, 11) is 0. The maximum atomic E-state index is 12.5. The molecule has 0 aromatic heterocycles. The van der Waals surface area contributed by atoms with Crippen LogP contribution in [0.4, 0.5) is 0 Å². The molecule has 1 aromatic carbocycles. The summed E-state index contributed by atoms with van der Waals surface area (Å²) < 4.78 is 5.99. The molecular formula is C23H32O2. The van der Waals surface area contributed by atoms with Crippen molar-refractivity contribution in [2.24, 2.45) is 17.8 Å². The average molecular weight is 341 g/mol. The summed E-state index contributed by atoms with van der Waals surface area (Å²) in [6, 6.07) is 9.88. The van der Waals surface area contributed by atoms with Crippen molar-refractivity contribution in [3.63, 3.8) is 0 Å². The van der Waals surface area contributed by atoms with Crippen molar-refractivity contribution in [2.75, 3.05) is 0 Å². The molecular weight excluding hydrogens is 308 g/mol. The highest BCUT2D eigenvalue weighted by Crippen LogP contribution is 2.46. The quantitative estimate of drug-likeness (QED) is 0.518. The van der Waals surface area contributed by atoms with E-state index >= 15 is 0 Å². The molecule has 0 saturated carbocycles. The second-order valence-corrected chi connectivity index (χ2v) is 8.61. The van der Waals surface area contributed by atoms with Crippen LogP contribution in [-0.4, -0.2) is 11.6 Å². The Bertz CT molecular complexity index is 641. The number of esters is 1. The molecule has 3 atom stereocenters. The standard InChI is InChI=1S/C23H32O2/c1-16-10-12-19(15-21-17(2)11-13-20(16)21)23(3,4)25-22(24)14-18-8-6-5-7-9-18/h5-9,16-17,19H,10-15H2,1-4H3/t16-,17-,19+/m0/s1. The molecule has 2 aliphatic carbocycles. The molecule has 2 nitrogen and oxygen atoms in total. The van der Waals surface area contributed by atoms with Gasteiger partial charge < -0.3 is 4.74 Å². The molecule has 0 unspecified atom stereocenters. The number of benzene rings is 1. The Morgan fingerprint density at radius 3 is 2.44 bits per heavy atom. The summed E-state index contributed by atoms with van der Waals surface area (Å²) in [6.07, 6.45) is 6.40. The molecule has 3 rings (SSSR count). The third kappa shape index (κ3) is 4.16. The minimum absolute atomic E-state index is 0.109. The molecule has 1 aromatic rings. The monoisotopic (exact) mass is 340 g/mol. The van der Waals surface area contributed by atoms with Crippen LogP contribution in [-0.2, 0) is 16.0 Å². The van der Waals surface area contributed by atoms with Crippen molar-refractivity contribution in [1.29, 1.82) is 0 Å². The second kappa shape index (κ2) is 7.35. The van der Waals surface area contributed by atoms with Gasteiger partial charge in [0, 0.05) is 5.92 Å². The van der Waals surface area contributed by atoms with Crippen molar-refractivity contribution < 1.29 is 9.53 Å². The SMILES string of the molecule is C[C@H]1CC[C@@H](C(C)(C)OC(=O)Cc2ccccc2)CC2=C1CC[C@@H]2C. The zero-order valence-electron chi connectivity index (χ0n) is 16.2. The summed E-state index contributed by atoms with van der Waals surface area (Å²) in [5.41, 5.74) is 3.99. The van der Waals surface area contributed by atoms with Gasteiger partial charge in [-0.25, -0.2) is 0 Å². The smallest absolute Gasteiger partial charge is 0.310 e. The van der Waals surface area contributed by atoms with Gasteiger partial charge in [0.05, 0.1) is 6.42 Å². The number of hydrogen-bond donors (Lipinski definition) is 0. The average Bonchev–Trinajstić information content (AvgIpc) is 2.82. The van der Waals surface area contributed by atoms with Gasteiger partial charge in [-0.15, -0.1) is 0 Å². The lowest BCUT2D eigenvalue weighted by Crippen LogP contribution is -2.37. The number of rotatable bonds is 4. The Morgan fingerprint density at radius 1 is 1.04 bits per heavy atom. The largest absolute Gasteiger partial charge is 0.459 e. The van der Waals surface area contributed by atoms with E-state index in [0.29, 0.717) is 24.2 Å². The van der Waals surface area contributed by atoms with Crippen molar-refractivity contribution in [2.45, 2.75) is 71.8 Å². The van der Waals surface area contributed by atoms with Crippen LogP contribution in [0.1, 0.15) is 65.4 Å². The zero-order chi connectivity index (χ0) is 18.0. The van der Waals surface area contributed by atoms with E-state index < -0.39 is 5.60 Å². The summed E-state index contributed by atoms with van der Waals surface area (Å²) in [5, 5.41) is 0. The van der Waals surface area contributed by atoms with E-state index in [4.69, 9.17) is 4.74 Å². The normalized spacial score (nSPS) is 27.0. The fraction of sp³-hybridized carbons (Fsp3) is 0.609. The molecule has 136 valence electrons. The lowest BCUT2D eigenvalue weighted by molar-refractivity contribution is -0.161. The molecule has 0 fully saturated rings. The molecule has 2 aliphatic rings. The molecule has 0 aliphatic heterocycles. The molecule has 0 heterocycles. The zero-order valence-corrected chi connectivity index (χ0v) is 16.2. The van der Waals surface area contributed by atoms with E-state index in [2.05, 4.69) is 27.7 Å². The first-order valence-corrected chi connectivity index (χ1v) is 9.84. The Kier molecular flexibility index (Phi) is 5.36. The van der Waals surface area contributed by atoms with Gasteiger partial charge in [-0.1, -0.05) is 55.3 Å². The number of allylic oxidation sites excluding steroid dienone is 2. The van der Waals surface area contributed by atoms with Crippen LogP contribution in [0, 0.1) is 17.8 Å². The van der Waals surface area contributed by atoms with Crippen LogP contribution in [0.3, 0.4) is 0 Å². The van der Waals surface area contributed by atoms with E-state index in [9.17, 15) is 4.79 Å². The minimum atomic E-state index is -0.406. The number of carbonyl (C=O) groups is 1. The van der Waals surface area contributed by atoms with E-state index in [1.807, 2.05) is 30.3 Å². The first-order chi connectivity index (χ1) is 11.9. The molecule has 0 amide bonds. The van der Waals surface area contributed by atoms with Gasteiger partial charge in [-0.2, -0.15) is 0 Å². The van der Waals surface area contributed by atoms with Gasteiger partial charge in [0.15, 0.2) is 0 Å². The van der Waals surface area contributed by atoms with Gasteiger partial charge in [-0.3, -0.25) is 4.79 Å². The first kappa shape index (κ1) is 18.2. The maximum absolute atomic E-state index is 12.5. The predicted molar refractivity (Wildman–Crippen MR) is 102 cm³/mol. The molecule has 25 heavy (non-hydrogen) atoms. The van der Waals surface area contributed by atoms with E-state index in [1.165, 1.54) is 19.3 Å². The Labute approximate surface area is 152 Å². The minimum Gasteiger partial charge on any atom is -0.459 e. The highest BCUT2D eigenvalue weighted by atomic mass is 16.6. The molecule has 2 heteroatoms. The highest BCUT2D eigenvalue weighted by molar-refractivity contribution is 5.73. The van der Waals surface area contributed by atoms with Gasteiger partial charge in [0.2, 0.25) is 0 Å². The summed E-state index contributed by atoms with van der Waals surface area (Å²) in [4.78, 5) is 12.5. The molecule has 0 saturated heterocycles. The first-order valence-electron chi connectivity index (χ1n) is 9.84. The third-order valence-corrected chi connectivity index (χ3v) is 6.41. The van der Waals surface area contributed by atoms with Crippen LogP contribution in [0.15, 0.2) is 41.5 Å². The van der Waals surface area contributed by atoms with Crippen LogP contribution < -0.4 is 0 Å². The van der Waals surface area contributed by atoms with Crippen molar-refractivity contribution in [3.05, 3.63) is 47.0 Å². The Balaban J connectivity index is 1.68. The fourth-order valence-electron chi connectivity index (χ4n) is 4.68. The second-order valence-electron chi connectivity index (χ2n) is 8.61. The van der Waals surface area contributed by atoms with Crippen LogP contribution in [0.25, 0.3) is 0 Å². The number of hydrogen-bond acceptors (Lipinski definition) is 2. The van der Waals surface area contributed by atoms with Crippen molar-refractivity contribution in [3.8, 4) is 0 Å². The Morgan fingerprint density at radius 2 is 1.72 bits per heavy atom. The third-order valence-electron chi connectivity index (χ3n) is 6.41. The predicted octanol–water partition coefficient (Wildman–Crippen LogP) is 5.71. The molecule has 0 N–H and O–H groups in total. The molecule has 0 radical (unpaired) electrons.